The van der Waals surface area contributed by atoms with E-state index in [-0.39, 0.29) is 17.0 Å². The molecule has 0 amide bonds. The van der Waals surface area contributed by atoms with Crippen LogP contribution in [0, 0.1) is 5.92 Å². The summed E-state index contributed by atoms with van der Waals surface area (Å²) in [6.07, 6.45) is 8.09. The Hall–Kier alpha value is -0.940. The first-order chi connectivity index (χ1) is 15.3. The Balaban J connectivity index is 2.30. The Labute approximate surface area is 198 Å². The van der Waals surface area contributed by atoms with Gasteiger partial charge in [-0.05, 0) is 51.5 Å². The summed E-state index contributed by atoms with van der Waals surface area (Å²) >= 11 is 0. The number of unbranched alkanes of at least 4 members (excludes halogenated alkanes) is 2. The lowest BCUT2D eigenvalue weighted by molar-refractivity contribution is -0.387. The zero-order valence-electron chi connectivity index (χ0n) is 21.9. The van der Waals surface area contributed by atoms with Gasteiger partial charge in [0.25, 0.3) is 0 Å². The predicted octanol–water partition coefficient (Wildman–Crippen LogP) is 7.17. The molecular formula is C28H49NO3. The van der Waals surface area contributed by atoms with Crippen molar-refractivity contribution in [3.63, 3.8) is 0 Å². The maximum absolute atomic E-state index is 6.68. The predicted molar refractivity (Wildman–Crippen MR) is 134 cm³/mol. The highest BCUT2D eigenvalue weighted by Crippen LogP contribution is 2.52. The van der Waals surface area contributed by atoms with E-state index in [0.717, 1.165) is 64.6 Å². The molecule has 0 aromatic heterocycles. The summed E-state index contributed by atoms with van der Waals surface area (Å²) in [6.45, 7) is 18.1. The average molecular weight is 448 g/mol. The van der Waals surface area contributed by atoms with Crippen LogP contribution in [0.1, 0.15) is 99.0 Å². The third-order valence-electron chi connectivity index (χ3n) is 7.79. The smallest absolute Gasteiger partial charge is 0.174 e. The SMILES string of the molecule is CCCCOC1(OCCCC)CC(C)(CC)N(OCCc2ccccc2)C(C)(CC)C1C. The van der Waals surface area contributed by atoms with Crippen LogP contribution in [0.25, 0.3) is 0 Å². The first-order valence-corrected chi connectivity index (χ1v) is 13.1. The lowest BCUT2D eigenvalue weighted by Crippen LogP contribution is -2.72. The van der Waals surface area contributed by atoms with Gasteiger partial charge in [-0.3, -0.25) is 4.84 Å². The number of ether oxygens (including phenoxy) is 2. The van der Waals surface area contributed by atoms with Crippen molar-refractivity contribution in [2.45, 2.75) is 117 Å². The molecule has 1 aromatic rings. The van der Waals surface area contributed by atoms with Crippen LogP contribution in [0.2, 0.25) is 0 Å². The minimum absolute atomic E-state index is 0.160. The summed E-state index contributed by atoms with van der Waals surface area (Å²) in [7, 11) is 0. The molecule has 4 heteroatoms. The van der Waals surface area contributed by atoms with Crippen molar-refractivity contribution in [2.24, 2.45) is 5.92 Å². The molecule has 1 aliphatic heterocycles. The normalized spacial score (nSPS) is 28.2. The molecule has 0 bridgehead atoms. The van der Waals surface area contributed by atoms with Crippen molar-refractivity contribution in [1.29, 1.82) is 0 Å². The third-order valence-corrected chi connectivity index (χ3v) is 7.79. The highest BCUT2D eigenvalue weighted by Gasteiger charge is 2.61. The number of piperidine rings is 1. The number of hydrogen-bond donors (Lipinski definition) is 0. The second-order valence-electron chi connectivity index (χ2n) is 10.0. The number of nitrogens with zero attached hydrogens (tertiary/aromatic N) is 1. The summed E-state index contributed by atoms with van der Waals surface area (Å²) in [6, 6.07) is 10.6. The quantitative estimate of drug-likeness (QED) is 0.223. The van der Waals surface area contributed by atoms with Crippen molar-refractivity contribution in [3.05, 3.63) is 35.9 Å². The standard InChI is InChI=1S/C28H49NO3/c1-8-12-20-30-28(31-21-13-9-2)23-26(6,10-3)29(27(7,11-4)24(28)5)32-22-19-25-17-15-14-16-18-25/h14-18,24H,8-13,19-23H2,1-7H3. The molecule has 0 spiro atoms. The molecule has 32 heavy (non-hydrogen) atoms. The molecule has 0 radical (unpaired) electrons. The first-order valence-electron chi connectivity index (χ1n) is 13.1. The molecule has 184 valence electrons. The molecule has 0 N–H and O–H groups in total. The fraction of sp³-hybridized carbons (Fsp3) is 0.786. The largest absolute Gasteiger partial charge is 0.349 e. The van der Waals surface area contributed by atoms with Gasteiger partial charge in [-0.15, -0.1) is 0 Å². The minimum Gasteiger partial charge on any atom is -0.349 e. The summed E-state index contributed by atoms with van der Waals surface area (Å²) in [5.74, 6) is -0.385. The van der Waals surface area contributed by atoms with Gasteiger partial charge >= 0.3 is 0 Å². The van der Waals surface area contributed by atoms with E-state index in [1.54, 1.807) is 0 Å². The summed E-state index contributed by atoms with van der Waals surface area (Å²) in [5, 5.41) is 2.33. The second kappa shape index (κ2) is 12.5. The van der Waals surface area contributed by atoms with Crippen LogP contribution in [0.15, 0.2) is 30.3 Å². The van der Waals surface area contributed by atoms with Crippen molar-refractivity contribution in [3.8, 4) is 0 Å². The van der Waals surface area contributed by atoms with Crippen LogP contribution in [0.3, 0.4) is 0 Å². The van der Waals surface area contributed by atoms with Crippen molar-refractivity contribution >= 4 is 0 Å². The van der Waals surface area contributed by atoms with E-state index in [2.05, 4.69) is 83.9 Å². The van der Waals surface area contributed by atoms with Gasteiger partial charge in [-0.1, -0.05) is 77.8 Å². The molecule has 1 aromatic carbocycles. The molecule has 2 rings (SSSR count). The summed E-state index contributed by atoms with van der Waals surface area (Å²) < 4.78 is 13.4. The average Bonchev–Trinajstić information content (AvgIpc) is 2.81. The van der Waals surface area contributed by atoms with E-state index in [0.29, 0.717) is 6.61 Å². The summed E-state index contributed by atoms with van der Waals surface area (Å²) in [4.78, 5) is 6.64. The first kappa shape index (κ1) is 27.3. The zero-order valence-corrected chi connectivity index (χ0v) is 21.9. The molecule has 1 saturated heterocycles. The Morgan fingerprint density at radius 1 is 0.875 bits per heavy atom. The number of hydrogen-bond acceptors (Lipinski definition) is 4. The molecule has 3 atom stereocenters. The van der Waals surface area contributed by atoms with Crippen LogP contribution in [-0.4, -0.2) is 41.7 Å². The second-order valence-corrected chi connectivity index (χ2v) is 10.0. The monoisotopic (exact) mass is 447 g/mol. The molecule has 1 aliphatic rings. The van der Waals surface area contributed by atoms with E-state index < -0.39 is 5.79 Å². The van der Waals surface area contributed by atoms with Crippen molar-refractivity contribution in [2.75, 3.05) is 19.8 Å². The minimum atomic E-state index is -0.570. The molecule has 4 nitrogen and oxygen atoms in total. The molecule has 0 saturated carbocycles. The van der Waals surface area contributed by atoms with Crippen LogP contribution in [-0.2, 0) is 20.7 Å². The highest BCUT2D eigenvalue weighted by atomic mass is 16.7. The van der Waals surface area contributed by atoms with E-state index in [1.165, 1.54) is 5.56 Å². The lowest BCUT2D eigenvalue weighted by atomic mass is 9.67. The van der Waals surface area contributed by atoms with Gasteiger partial charge in [-0.2, -0.15) is 5.06 Å². The van der Waals surface area contributed by atoms with Crippen LogP contribution in [0.4, 0.5) is 0 Å². The highest BCUT2D eigenvalue weighted by molar-refractivity contribution is 5.14. The molecule has 3 unspecified atom stereocenters. The van der Waals surface area contributed by atoms with Gasteiger partial charge in [0.1, 0.15) is 0 Å². The maximum Gasteiger partial charge on any atom is 0.174 e. The Morgan fingerprint density at radius 3 is 1.97 bits per heavy atom. The molecule has 1 fully saturated rings. The van der Waals surface area contributed by atoms with Crippen LogP contribution < -0.4 is 0 Å². The van der Waals surface area contributed by atoms with Gasteiger partial charge in [0.15, 0.2) is 5.79 Å². The Morgan fingerprint density at radius 2 is 1.47 bits per heavy atom. The molecule has 0 aliphatic carbocycles. The van der Waals surface area contributed by atoms with E-state index in [4.69, 9.17) is 14.3 Å². The Kier molecular flexibility index (Phi) is 10.7. The number of rotatable bonds is 14. The maximum atomic E-state index is 6.68. The van der Waals surface area contributed by atoms with Gasteiger partial charge < -0.3 is 9.47 Å². The molecular weight excluding hydrogens is 398 g/mol. The van der Waals surface area contributed by atoms with Gasteiger partial charge in [0.05, 0.1) is 25.4 Å². The topological polar surface area (TPSA) is 30.9 Å². The zero-order chi connectivity index (χ0) is 23.7. The number of benzene rings is 1. The lowest BCUT2D eigenvalue weighted by Gasteiger charge is -2.62. The fourth-order valence-corrected chi connectivity index (χ4v) is 5.12. The molecule has 1 heterocycles. The van der Waals surface area contributed by atoms with Gasteiger partial charge in [0, 0.05) is 17.9 Å². The van der Waals surface area contributed by atoms with E-state index in [1.807, 2.05) is 0 Å². The summed E-state index contributed by atoms with van der Waals surface area (Å²) in [5.41, 5.74) is 0.971. The van der Waals surface area contributed by atoms with Gasteiger partial charge in [0.2, 0.25) is 0 Å². The van der Waals surface area contributed by atoms with Crippen molar-refractivity contribution < 1.29 is 14.3 Å². The van der Waals surface area contributed by atoms with Crippen molar-refractivity contribution in [1.82, 2.24) is 5.06 Å². The van der Waals surface area contributed by atoms with E-state index in [9.17, 15) is 0 Å². The van der Waals surface area contributed by atoms with Crippen LogP contribution >= 0.6 is 0 Å². The fourth-order valence-electron chi connectivity index (χ4n) is 5.12. The van der Waals surface area contributed by atoms with Crippen LogP contribution in [0.5, 0.6) is 0 Å². The number of hydroxylamine groups is 2. The van der Waals surface area contributed by atoms with Gasteiger partial charge in [-0.25, -0.2) is 0 Å². The van der Waals surface area contributed by atoms with E-state index >= 15 is 0 Å². The Bertz CT molecular complexity index is 641. The third kappa shape index (κ3) is 6.14.